The van der Waals surface area contributed by atoms with Gasteiger partial charge in [-0.2, -0.15) is 0 Å². The number of benzene rings is 1. The summed E-state index contributed by atoms with van der Waals surface area (Å²) in [6.07, 6.45) is 0.962. The van der Waals surface area contributed by atoms with Gasteiger partial charge in [-0.25, -0.2) is 0 Å². The minimum absolute atomic E-state index is 0.0338. The maximum Gasteiger partial charge on any atom is 0.239 e. The first-order chi connectivity index (χ1) is 10.9. The van der Waals surface area contributed by atoms with Crippen LogP contribution in [0, 0.1) is 5.92 Å². The lowest BCUT2D eigenvalue weighted by Gasteiger charge is -2.15. The Morgan fingerprint density at radius 1 is 1.17 bits per heavy atom. The van der Waals surface area contributed by atoms with Crippen molar-refractivity contribution in [3.63, 3.8) is 0 Å². The van der Waals surface area contributed by atoms with Crippen LogP contribution in [0.3, 0.4) is 0 Å². The number of ether oxygens (including phenoxy) is 1. The SMILES string of the molecule is CCCOc1ccc(CNC(=O)CNC(=O)[C@@H](N)C(C)C)cc1. The molecule has 128 valence electrons. The molecule has 0 heterocycles. The van der Waals surface area contributed by atoms with E-state index in [0.717, 1.165) is 17.7 Å². The molecule has 1 rings (SSSR count). The molecule has 0 aliphatic carbocycles. The summed E-state index contributed by atoms with van der Waals surface area (Å²) in [7, 11) is 0. The van der Waals surface area contributed by atoms with Gasteiger partial charge in [-0.05, 0) is 30.0 Å². The van der Waals surface area contributed by atoms with Gasteiger partial charge in [-0.3, -0.25) is 9.59 Å². The zero-order chi connectivity index (χ0) is 17.2. The number of nitrogens with two attached hydrogens (primary N) is 1. The van der Waals surface area contributed by atoms with E-state index in [1.807, 2.05) is 38.1 Å². The first kappa shape index (κ1) is 19.0. The molecule has 6 nitrogen and oxygen atoms in total. The minimum atomic E-state index is -0.599. The summed E-state index contributed by atoms with van der Waals surface area (Å²) >= 11 is 0. The van der Waals surface area contributed by atoms with Crippen LogP contribution in [0.15, 0.2) is 24.3 Å². The predicted octanol–water partition coefficient (Wildman–Crippen LogP) is 1.19. The van der Waals surface area contributed by atoms with Gasteiger partial charge < -0.3 is 21.1 Å². The van der Waals surface area contributed by atoms with Crippen LogP contribution in [0.1, 0.15) is 32.8 Å². The van der Waals surface area contributed by atoms with E-state index in [4.69, 9.17) is 10.5 Å². The number of hydrogen-bond acceptors (Lipinski definition) is 4. The molecule has 0 saturated heterocycles. The molecule has 0 radical (unpaired) electrons. The van der Waals surface area contributed by atoms with Crippen molar-refractivity contribution in [3.05, 3.63) is 29.8 Å². The number of hydrogen-bond donors (Lipinski definition) is 3. The summed E-state index contributed by atoms with van der Waals surface area (Å²) in [5, 5.41) is 5.29. The zero-order valence-corrected chi connectivity index (χ0v) is 14.1. The number of amides is 2. The van der Waals surface area contributed by atoms with Crippen molar-refractivity contribution in [1.29, 1.82) is 0 Å². The Balaban J connectivity index is 2.31. The first-order valence-electron chi connectivity index (χ1n) is 7.95. The predicted molar refractivity (Wildman–Crippen MR) is 89.9 cm³/mol. The Hall–Kier alpha value is -2.08. The molecule has 0 spiro atoms. The Morgan fingerprint density at radius 3 is 2.39 bits per heavy atom. The van der Waals surface area contributed by atoms with Crippen LogP contribution in [0.25, 0.3) is 0 Å². The van der Waals surface area contributed by atoms with Crippen LogP contribution < -0.4 is 21.1 Å². The summed E-state index contributed by atoms with van der Waals surface area (Å²) in [6.45, 7) is 6.79. The van der Waals surface area contributed by atoms with Crippen LogP contribution in [0.2, 0.25) is 0 Å². The van der Waals surface area contributed by atoms with E-state index >= 15 is 0 Å². The smallest absolute Gasteiger partial charge is 0.239 e. The van der Waals surface area contributed by atoms with E-state index in [2.05, 4.69) is 17.6 Å². The van der Waals surface area contributed by atoms with E-state index in [-0.39, 0.29) is 24.3 Å². The van der Waals surface area contributed by atoms with Crippen molar-refractivity contribution >= 4 is 11.8 Å². The summed E-state index contributed by atoms with van der Waals surface area (Å²) in [4.78, 5) is 23.4. The zero-order valence-electron chi connectivity index (χ0n) is 14.1. The van der Waals surface area contributed by atoms with Gasteiger partial charge in [0, 0.05) is 6.54 Å². The maximum absolute atomic E-state index is 11.7. The second kappa shape index (κ2) is 9.84. The molecular weight excluding hydrogens is 294 g/mol. The van der Waals surface area contributed by atoms with Gasteiger partial charge in [0.15, 0.2) is 0 Å². The lowest BCUT2D eigenvalue weighted by molar-refractivity contribution is -0.127. The fourth-order valence-corrected chi connectivity index (χ4v) is 1.77. The van der Waals surface area contributed by atoms with Crippen molar-refractivity contribution in [2.45, 2.75) is 39.8 Å². The monoisotopic (exact) mass is 321 g/mol. The van der Waals surface area contributed by atoms with Crippen LogP contribution >= 0.6 is 0 Å². The minimum Gasteiger partial charge on any atom is -0.494 e. The van der Waals surface area contributed by atoms with Gasteiger partial charge in [-0.15, -0.1) is 0 Å². The molecule has 4 N–H and O–H groups in total. The summed E-state index contributed by atoms with van der Waals surface area (Å²) < 4.78 is 5.50. The van der Waals surface area contributed by atoms with Gasteiger partial charge >= 0.3 is 0 Å². The Labute approximate surface area is 137 Å². The summed E-state index contributed by atoms with van der Waals surface area (Å²) in [5.41, 5.74) is 6.67. The fourth-order valence-electron chi connectivity index (χ4n) is 1.77. The van der Waals surface area contributed by atoms with E-state index in [1.54, 1.807) is 0 Å². The highest BCUT2D eigenvalue weighted by molar-refractivity contribution is 5.87. The lowest BCUT2D eigenvalue weighted by atomic mass is 10.1. The van der Waals surface area contributed by atoms with E-state index < -0.39 is 6.04 Å². The van der Waals surface area contributed by atoms with Crippen LogP contribution in [-0.4, -0.2) is 31.0 Å². The van der Waals surface area contributed by atoms with Crippen molar-refractivity contribution < 1.29 is 14.3 Å². The Kier molecular flexibility index (Phi) is 8.11. The quantitative estimate of drug-likeness (QED) is 0.637. The molecule has 1 aromatic rings. The van der Waals surface area contributed by atoms with Gasteiger partial charge in [0.05, 0.1) is 19.2 Å². The molecule has 23 heavy (non-hydrogen) atoms. The van der Waals surface area contributed by atoms with Crippen molar-refractivity contribution in [1.82, 2.24) is 10.6 Å². The third-order valence-electron chi connectivity index (χ3n) is 3.33. The Morgan fingerprint density at radius 2 is 1.83 bits per heavy atom. The van der Waals surface area contributed by atoms with Gasteiger partial charge in [0.25, 0.3) is 0 Å². The number of carbonyl (C=O) groups is 2. The summed E-state index contributed by atoms with van der Waals surface area (Å²) in [6, 6.07) is 6.96. The third-order valence-corrected chi connectivity index (χ3v) is 3.33. The molecule has 0 fully saturated rings. The molecule has 0 saturated carbocycles. The first-order valence-corrected chi connectivity index (χ1v) is 7.95. The van der Waals surface area contributed by atoms with E-state index in [1.165, 1.54) is 0 Å². The highest BCUT2D eigenvalue weighted by Crippen LogP contribution is 2.12. The van der Waals surface area contributed by atoms with Crippen molar-refractivity contribution in [2.75, 3.05) is 13.2 Å². The largest absolute Gasteiger partial charge is 0.494 e. The number of nitrogens with one attached hydrogen (secondary N) is 2. The van der Waals surface area contributed by atoms with Crippen molar-refractivity contribution in [2.24, 2.45) is 11.7 Å². The normalized spacial score (nSPS) is 11.9. The highest BCUT2D eigenvalue weighted by atomic mass is 16.5. The molecule has 6 heteroatoms. The molecule has 0 aliphatic rings. The molecule has 1 atom stereocenters. The maximum atomic E-state index is 11.7. The van der Waals surface area contributed by atoms with Crippen LogP contribution in [0.5, 0.6) is 5.75 Å². The molecule has 2 amide bonds. The molecule has 0 bridgehead atoms. The second-order valence-electron chi connectivity index (χ2n) is 5.76. The van der Waals surface area contributed by atoms with Gasteiger partial charge in [-0.1, -0.05) is 32.9 Å². The molecule has 0 aliphatic heterocycles. The topological polar surface area (TPSA) is 93.5 Å². The lowest BCUT2D eigenvalue weighted by Crippen LogP contribution is -2.47. The standard InChI is InChI=1S/C17H27N3O3/c1-4-9-23-14-7-5-13(6-8-14)10-19-15(21)11-20-17(22)16(18)12(2)3/h5-8,12,16H,4,9-11,18H2,1-3H3,(H,19,21)(H,20,22)/t16-/m0/s1. The molecule has 0 aromatic heterocycles. The van der Waals surface area contributed by atoms with E-state index in [0.29, 0.717) is 13.2 Å². The molecule has 1 aromatic carbocycles. The second-order valence-corrected chi connectivity index (χ2v) is 5.76. The Bertz CT molecular complexity index is 500. The average Bonchev–Trinajstić information content (AvgIpc) is 2.55. The van der Waals surface area contributed by atoms with Crippen molar-refractivity contribution in [3.8, 4) is 5.75 Å². The fraction of sp³-hybridized carbons (Fsp3) is 0.529. The van der Waals surface area contributed by atoms with E-state index in [9.17, 15) is 9.59 Å². The highest BCUT2D eigenvalue weighted by Gasteiger charge is 2.17. The van der Waals surface area contributed by atoms with Gasteiger partial charge in [0.2, 0.25) is 11.8 Å². The third kappa shape index (κ3) is 7.15. The van der Waals surface area contributed by atoms with Gasteiger partial charge in [0.1, 0.15) is 5.75 Å². The van der Waals surface area contributed by atoms with Crippen LogP contribution in [0.4, 0.5) is 0 Å². The summed E-state index contributed by atoms with van der Waals surface area (Å²) in [5.74, 6) is 0.288. The van der Waals surface area contributed by atoms with Crippen LogP contribution in [-0.2, 0) is 16.1 Å². The number of rotatable bonds is 9. The molecular formula is C17H27N3O3. The molecule has 0 unspecified atom stereocenters. The average molecular weight is 321 g/mol. The number of carbonyl (C=O) groups excluding carboxylic acids is 2.